The predicted molar refractivity (Wildman–Crippen MR) is 113 cm³/mol. The number of anilines is 1. The van der Waals surface area contributed by atoms with Crippen molar-refractivity contribution in [2.45, 2.75) is 0 Å². The fourth-order valence-electron chi connectivity index (χ4n) is 2.50. The third-order valence-corrected chi connectivity index (χ3v) is 4.63. The molecule has 2 aromatic rings. The van der Waals surface area contributed by atoms with Crippen molar-refractivity contribution in [3.63, 3.8) is 0 Å². The molecule has 14 heteroatoms. The van der Waals surface area contributed by atoms with Gasteiger partial charge in [0.15, 0.2) is 6.19 Å². The molecule has 32 heavy (non-hydrogen) atoms. The number of nitrogens with one attached hydrogen (secondary N) is 2. The van der Waals surface area contributed by atoms with Crippen LogP contribution < -0.4 is 49.9 Å². The van der Waals surface area contributed by atoms with Gasteiger partial charge in [-0.05, 0) is 35.4 Å². The summed E-state index contributed by atoms with van der Waals surface area (Å²) in [7, 11) is -1.43. The number of benzene rings is 2. The summed E-state index contributed by atoms with van der Waals surface area (Å²) >= 11 is 0. The average Bonchev–Trinajstić information content (AvgIpc) is 2.76. The molecule has 0 aliphatic carbocycles. The van der Waals surface area contributed by atoms with Gasteiger partial charge in [-0.2, -0.15) is 15.8 Å². The monoisotopic (exact) mass is 469 g/mol. The van der Waals surface area contributed by atoms with Crippen LogP contribution in [0.15, 0.2) is 51.8 Å². The van der Waals surface area contributed by atoms with Gasteiger partial charge in [-0.15, -0.1) is 5.11 Å². The number of hydrazone groups is 1. The Morgan fingerprint density at radius 1 is 1.16 bits per heavy atom. The zero-order valence-electron chi connectivity index (χ0n) is 17.8. The van der Waals surface area contributed by atoms with E-state index in [1.165, 1.54) is 14.2 Å². The Morgan fingerprint density at radius 3 is 2.34 bits per heavy atom. The minimum Gasteiger partial charge on any atom is -0.748 e. The van der Waals surface area contributed by atoms with Crippen molar-refractivity contribution in [1.29, 1.82) is 5.26 Å². The Hall–Kier alpha value is -2.89. The van der Waals surface area contributed by atoms with Crippen LogP contribution in [0.2, 0.25) is 0 Å². The zero-order chi connectivity index (χ0) is 22.9. The minimum atomic E-state index is -4.39. The minimum absolute atomic E-state index is 0. The van der Waals surface area contributed by atoms with E-state index in [1.807, 2.05) is 0 Å². The summed E-state index contributed by atoms with van der Waals surface area (Å²) in [5.41, 5.74) is 7.43. The molecule has 0 saturated carbocycles. The van der Waals surface area contributed by atoms with Crippen LogP contribution in [0.3, 0.4) is 0 Å². The largest absolute Gasteiger partial charge is 1.00 e. The molecule has 0 aliphatic heterocycles. The molecule has 12 nitrogen and oxygen atoms in total. The molecule has 0 aliphatic rings. The second kappa shape index (κ2) is 12.8. The number of methoxy groups -OCH3 is 2. The predicted octanol–water partition coefficient (Wildman–Crippen LogP) is -0.766. The maximum Gasteiger partial charge on any atom is 1.00 e. The van der Waals surface area contributed by atoms with Crippen LogP contribution >= 0.6 is 0 Å². The molecular weight excluding hydrogens is 449 g/mol. The van der Waals surface area contributed by atoms with Crippen molar-refractivity contribution in [2.75, 3.05) is 31.9 Å². The van der Waals surface area contributed by atoms with Crippen molar-refractivity contribution in [3.05, 3.63) is 36.4 Å². The van der Waals surface area contributed by atoms with Gasteiger partial charge >= 0.3 is 29.6 Å². The molecule has 2 aromatic carbocycles. The average molecular weight is 469 g/mol. The molecule has 2 N–H and O–H groups in total. The summed E-state index contributed by atoms with van der Waals surface area (Å²) < 4.78 is 43.3. The number of nitriles is 1. The summed E-state index contributed by atoms with van der Waals surface area (Å²) in [6.45, 7) is 3.17. The van der Waals surface area contributed by atoms with Crippen molar-refractivity contribution < 1.29 is 52.0 Å². The molecular formula is C18H20N7NaO5S. The quantitative estimate of drug-likeness (QED) is 0.0818. The first-order valence-electron chi connectivity index (χ1n) is 8.67. The number of hydrogen-bond donors (Lipinski definition) is 2. The first kappa shape index (κ1) is 27.1. The van der Waals surface area contributed by atoms with E-state index in [9.17, 15) is 13.0 Å². The Bertz CT molecular complexity index is 1110. The summed E-state index contributed by atoms with van der Waals surface area (Å²) in [4.78, 5) is 0. The van der Waals surface area contributed by atoms with Crippen LogP contribution in [0.4, 0.5) is 11.4 Å². The topological polar surface area (TPSA) is 164 Å². The van der Waals surface area contributed by atoms with Gasteiger partial charge in [0.25, 0.3) is 0 Å². The van der Waals surface area contributed by atoms with Crippen LogP contribution in [0.25, 0.3) is 11.1 Å². The molecule has 0 bridgehead atoms. The van der Waals surface area contributed by atoms with E-state index in [0.717, 1.165) is 16.2 Å². The van der Waals surface area contributed by atoms with E-state index in [0.29, 0.717) is 22.9 Å². The number of ether oxygens (including phenoxy) is 2. The molecule has 0 heterocycles. The molecule has 2 rings (SSSR count). The molecule has 0 aromatic heterocycles. The van der Waals surface area contributed by atoms with Crippen LogP contribution in [-0.2, 0) is 10.1 Å². The van der Waals surface area contributed by atoms with Crippen molar-refractivity contribution in [1.82, 2.24) is 10.5 Å². The molecule has 0 atom stereocenters. The summed E-state index contributed by atoms with van der Waals surface area (Å²) in [6, 6.07) is 10.5. The van der Waals surface area contributed by atoms with Gasteiger partial charge < -0.3 is 14.0 Å². The van der Waals surface area contributed by atoms with Gasteiger partial charge in [0.05, 0.1) is 42.3 Å². The van der Waals surface area contributed by atoms with E-state index in [2.05, 4.69) is 33.0 Å². The van der Waals surface area contributed by atoms with Crippen LogP contribution in [0, 0.1) is 11.5 Å². The number of hydrogen-bond acceptors (Lipinski definition) is 11. The number of rotatable bonds is 11. The Kier molecular flexibility index (Phi) is 10.9. The normalized spacial score (nSPS) is 10.6. The van der Waals surface area contributed by atoms with Crippen molar-refractivity contribution >= 4 is 28.2 Å². The Morgan fingerprint density at radius 2 is 1.78 bits per heavy atom. The summed E-state index contributed by atoms with van der Waals surface area (Å²) in [6.07, 6.45) is 1.63. The van der Waals surface area contributed by atoms with E-state index in [-0.39, 0.29) is 36.1 Å². The molecule has 0 spiro atoms. The van der Waals surface area contributed by atoms with Crippen LogP contribution in [0.1, 0.15) is 0 Å². The van der Waals surface area contributed by atoms with Gasteiger partial charge in [-0.25, -0.2) is 13.5 Å². The van der Waals surface area contributed by atoms with Gasteiger partial charge in [-0.1, -0.05) is 17.4 Å². The van der Waals surface area contributed by atoms with E-state index in [4.69, 9.17) is 14.7 Å². The smallest absolute Gasteiger partial charge is 0.748 e. The van der Waals surface area contributed by atoms with Crippen molar-refractivity contribution in [3.8, 4) is 28.8 Å². The third-order valence-electron chi connectivity index (χ3n) is 3.95. The zero-order valence-corrected chi connectivity index (χ0v) is 20.6. The maximum atomic E-state index is 10.8. The Labute approximate surface area is 207 Å². The second-order valence-corrected chi connectivity index (χ2v) is 7.39. The molecule has 0 saturated heterocycles. The third kappa shape index (κ3) is 7.98. The van der Waals surface area contributed by atoms with Crippen LogP contribution in [0.5, 0.6) is 11.5 Å². The summed E-state index contributed by atoms with van der Waals surface area (Å²) in [5.74, 6) is 0.257. The van der Waals surface area contributed by atoms with Gasteiger partial charge in [0.1, 0.15) is 17.2 Å². The molecule has 0 fully saturated rings. The van der Waals surface area contributed by atoms with E-state index < -0.39 is 15.9 Å². The molecule has 164 valence electrons. The molecule has 0 unspecified atom stereocenters. The van der Waals surface area contributed by atoms with Gasteiger partial charge in [-0.3, -0.25) is 5.43 Å². The fraction of sp³-hybridized carbons (Fsp3) is 0.222. The first-order valence-corrected chi connectivity index (χ1v) is 10.2. The maximum absolute atomic E-state index is 10.8. The molecule has 0 radical (unpaired) electrons. The standard InChI is InChI=1S/C18H21N7O5S.Na/c1-20-25(8-9-31(26,27)28)23-16-7-5-14(11-18(16)30-3)13-4-6-15(17(10-13)29-2)22-24-21-12-19;/h4-7,10-11,23H,1,8-9H2,2-3H3,(H,21,22)(H,26,27,28);/q;+1/p-1. The van der Waals surface area contributed by atoms with E-state index in [1.54, 1.807) is 42.6 Å². The SMILES string of the molecule is C=NN(CCS(=O)(=O)[O-])Nc1ccc(-c2ccc(N=NNC#N)c(OC)c2)cc1OC.[Na+]. The first-order chi connectivity index (χ1) is 14.8. The number of hydrazine groups is 1. The number of nitrogens with zero attached hydrogens (tertiary/aromatic N) is 5. The molecule has 0 amide bonds. The van der Waals surface area contributed by atoms with Gasteiger partial charge in [0.2, 0.25) is 0 Å². The Balaban J connectivity index is 0.00000512. The second-order valence-electron chi connectivity index (χ2n) is 5.86. The van der Waals surface area contributed by atoms with E-state index >= 15 is 0 Å². The fourth-order valence-corrected chi connectivity index (χ4v) is 2.90. The van der Waals surface area contributed by atoms with Crippen molar-refractivity contribution in [2.24, 2.45) is 15.4 Å². The van der Waals surface area contributed by atoms with Gasteiger partial charge in [0, 0.05) is 6.72 Å². The summed E-state index contributed by atoms with van der Waals surface area (Å²) in [5, 5.41) is 20.6. The van der Waals surface area contributed by atoms with Crippen LogP contribution in [-0.4, -0.2) is 51.3 Å².